The van der Waals surface area contributed by atoms with Crippen molar-refractivity contribution in [2.75, 3.05) is 0 Å². The van der Waals surface area contributed by atoms with Gasteiger partial charge in [0.2, 0.25) is 0 Å². The van der Waals surface area contributed by atoms with E-state index in [1.807, 2.05) is 24.3 Å². The molecule has 1 unspecified atom stereocenters. The number of hydrogen-bond acceptors (Lipinski definition) is 3. The van der Waals surface area contributed by atoms with E-state index in [1.165, 1.54) is 5.56 Å². The van der Waals surface area contributed by atoms with Crippen LogP contribution >= 0.6 is 0 Å². The van der Waals surface area contributed by atoms with Crippen LogP contribution in [0.15, 0.2) is 47.3 Å². The molecule has 0 aliphatic rings. The first kappa shape index (κ1) is 10.9. The monoisotopic (exact) mass is 216 g/mol. The molecule has 2 rings (SSSR count). The molecular formula is C13H16N2O. The molecule has 2 aromatic heterocycles. The molecule has 2 N–H and O–H groups in total. The normalized spacial score (nSPS) is 12.6. The van der Waals surface area contributed by atoms with Crippen LogP contribution in [0.25, 0.3) is 0 Å². The van der Waals surface area contributed by atoms with Gasteiger partial charge in [0.05, 0.1) is 6.26 Å². The van der Waals surface area contributed by atoms with E-state index in [-0.39, 0.29) is 6.04 Å². The molecule has 0 radical (unpaired) electrons. The molecule has 0 saturated heterocycles. The van der Waals surface area contributed by atoms with Crippen LogP contribution in [-0.4, -0.2) is 11.0 Å². The Morgan fingerprint density at radius 2 is 2.06 bits per heavy atom. The van der Waals surface area contributed by atoms with E-state index in [2.05, 4.69) is 4.98 Å². The van der Waals surface area contributed by atoms with Gasteiger partial charge < -0.3 is 10.2 Å². The summed E-state index contributed by atoms with van der Waals surface area (Å²) in [5, 5.41) is 0. The van der Waals surface area contributed by atoms with Crippen molar-refractivity contribution in [3.05, 3.63) is 54.2 Å². The Morgan fingerprint density at radius 3 is 2.75 bits per heavy atom. The summed E-state index contributed by atoms with van der Waals surface area (Å²) in [7, 11) is 0. The topological polar surface area (TPSA) is 52.0 Å². The minimum atomic E-state index is 0.174. The Balaban J connectivity index is 1.78. The summed E-state index contributed by atoms with van der Waals surface area (Å²) in [6.45, 7) is 0. The molecule has 2 heterocycles. The van der Waals surface area contributed by atoms with Crippen molar-refractivity contribution in [2.45, 2.75) is 25.3 Å². The minimum absolute atomic E-state index is 0.174. The third-order valence-corrected chi connectivity index (χ3v) is 2.59. The van der Waals surface area contributed by atoms with Crippen LogP contribution in [0.4, 0.5) is 0 Å². The van der Waals surface area contributed by atoms with Crippen LogP contribution in [0.5, 0.6) is 0 Å². The number of rotatable bonds is 5. The number of hydrogen-bond donors (Lipinski definition) is 1. The lowest BCUT2D eigenvalue weighted by Gasteiger charge is -2.10. The summed E-state index contributed by atoms with van der Waals surface area (Å²) in [6, 6.07) is 8.08. The first-order valence-corrected chi connectivity index (χ1v) is 5.51. The van der Waals surface area contributed by atoms with E-state index < -0.39 is 0 Å². The first-order valence-electron chi connectivity index (χ1n) is 5.51. The minimum Gasteiger partial charge on any atom is -0.469 e. The van der Waals surface area contributed by atoms with Gasteiger partial charge in [-0.05, 0) is 42.7 Å². The highest BCUT2D eigenvalue weighted by Gasteiger charge is 2.05. The lowest BCUT2D eigenvalue weighted by molar-refractivity contribution is 0.484. The van der Waals surface area contributed by atoms with Gasteiger partial charge in [-0.3, -0.25) is 4.98 Å². The van der Waals surface area contributed by atoms with Gasteiger partial charge in [-0.25, -0.2) is 0 Å². The zero-order valence-corrected chi connectivity index (χ0v) is 9.17. The average molecular weight is 216 g/mol. The number of furan rings is 1. The van der Waals surface area contributed by atoms with Gasteiger partial charge in [-0.2, -0.15) is 0 Å². The van der Waals surface area contributed by atoms with E-state index in [4.69, 9.17) is 10.2 Å². The smallest absolute Gasteiger partial charge is 0.103 e. The molecule has 0 amide bonds. The standard InChI is InChI=1S/C13H16N2O/c14-12(3-4-13-2-1-9-16-13)10-11-5-7-15-8-6-11/h1-2,5-9,12H,3-4,10,14H2. The average Bonchev–Trinajstić information content (AvgIpc) is 2.81. The van der Waals surface area contributed by atoms with Crippen molar-refractivity contribution in [3.63, 3.8) is 0 Å². The molecule has 16 heavy (non-hydrogen) atoms. The molecule has 0 aliphatic carbocycles. The molecule has 0 aromatic carbocycles. The summed E-state index contributed by atoms with van der Waals surface area (Å²) in [6.07, 6.45) is 8.03. The molecule has 0 spiro atoms. The van der Waals surface area contributed by atoms with E-state index in [0.717, 1.165) is 25.0 Å². The second kappa shape index (κ2) is 5.47. The maximum absolute atomic E-state index is 6.06. The van der Waals surface area contributed by atoms with Crippen molar-refractivity contribution >= 4 is 0 Å². The molecule has 84 valence electrons. The van der Waals surface area contributed by atoms with Gasteiger partial charge in [0.15, 0.2) is 0 Å². The maximum atomic E-state index is 6.06. The molecule has 3 nitrogen and oxygen atoms in total. The van der Waals surface area contributed by atoms with Crippen LogP contribution in [0.3, 0.4) is 0 Å². The Kier molecular flexibility index (Phi) is 3.72. The van der Waals surface area contributed by atoms with Gasteiger partial charge in [-0.1, -0.05) is 0 Å². The van der Waals surface area contributed by atoms with Crippen molar-refractivity contribution < 1.29 is 4.42 Å². The fourth-order valence-corrected chi connectivity index (χ4v) is 1.71. The molecule has 0 bridgehead atoms. The predicted molar refractivity (Wildman–Crippen MR) is 62.9 cm³/mol. The van der Waals surface area contributed by atoms with Crippen molar-refractivity contribution in [3.8, 4) is 0 Å². The van der Waals surface area contributed by atoms with Crippen molar-refractivity contribution in [2.24, 2.45) is 5.73 Å². The molecule has 2 aromatic rings. The lowest BCUT2D eigenvalue weighted by Crippen LogP contribution is -2.23. The zero-order valence-electron chi connectivity index (χ0n) is 9.17. The summed E-state index contributed by atoms with van der Waals surface area (Å²) >= 11 is 0. The lowest BCUT2D eigenvalue weighted by atomic mass is 10.0. The summed E-state index contributed by atoms with van der Waals surface area (Å²) in [5.74, 6) is 1.00. The van der Waals surface area contributed by atoms with Gasteiger partial charge in [0.1, 0.15) is 5.76 Å². The first-order chi connectivity index (χ1) is 7.84. The summed E-state index contributed by atoms with van der Waals surface area (Å²) in [4.78, 5) is 3.98. The third-order valence-electron chi connectivity index (χ3n) is 2.59. The number of aryl methyl sites for hydroxylation is 1. The van der Waals surface area contributed by atoms with Gasteiger partial charge in [0.25, 0.3) is 0 Å². The molecule has 0 fully saturated rings. The van der Waals surface area contributed by atoms with Crippen LogP contribution in [0.1, 0.15) is 17.7 Å². The van der Waals surface area contributed by atoms with Gasteiger partial charge in [-0.15, -0.1) is 0 Å². The van der Waals surface area contributed by atoms with E-state index in [0.29, 0.717) is 0 Å². The highest BCUT2D eigenvalue weighted by atomic mass is 16.3. The number of aromatic nitrogens is 1. The fraction of sp³-hybridized carbons (Fsp3) is 0.308. The van der Waals surface area contributed by atoms with E-state index in [9.17, 15) is 0 Å². The summed E-state index contributed by atoms with van der Waals surface area (Å²) in [5.41, 5.74) is 7.30. The Bertz CT molecular complexity index is 397. The highest BCUT2D eigenvalue weighted by molar-refractivity contribution is 5.11. The van der Waals surface area contributed by atoms with E-state index >= 15 is 0 Å². The quantitative estimate of drug-likeness (QED) is 0.833. The SMILES string of the molecule is NC(CCc1ccco1)Cc1ccncc1. The van der Waals surface area contributed by atoms with Gasteiger partial charge in [0, 0.05) is 24.9 Å². The summed E-state index contributed by atoms with van der Waals surface area (Å²) < 4.78 is 5.27. The van der Waals surface area contributed by atoms with Crippen molar-refractivity contribution in [1.82, 2.24) is 4.98 Å². The maximum Gasteiger partial charge on any atom is 0.103 e. The molecule has 0 aliphatic heterocycles. The Morgan fingerprint density at radius 1 is 1.25 bits per heavy atom. The zero-order chi connectivity index (χ0) is 11.2. The molecule has 1 atom stereocenters. The predicted octanol–water partition coefficient (Wildman–Crippen LogP) is 2.18. The van der Waals surface area contributed by atoms with Crippen LogP contribution in [0, 0.1) is 0 Å². The number of nitrogens with zero attached hydrogens (tertiary/aromatic N) is 1. The van der Waals surface area contributed by atoms with Gasteiger partial charge >= 0.3 is 0 Å². The van der Waals surface area contributed by atoms with Crippen LogP contribution < -0.4 is 5.73 Å². The molecule has 3 heteroatoms. The van der Waals surface area contributed by atoms with Crippen molar-refractivity contribution in [1.29, 1.82) is 0 Å². The molecular weight excluding hydrogens is 200 g/mol. The Labute approximate surface area is 95.3 Å². The van der Waals surface area contributed by atoms with E-state index in [1.54, 1.807) is 18.7 Å². The highest BCUT2D eigenvalue weighted by Crippen LogP contribution is 2.08. The number of pyridine rings is 1. The molecule has 0 saturated carbocycles. The Hall–Kier alpha value is -1.61. The second-order valence-corrected chi connectivity index (χ2v) is 3.94. The van der Waals surface area contributed by atoms with Crippen LogP contribution in [-0.2, 0) is 12.8 Å². The number of nitrogens with two attached hydrogens (primary N) is 1. The van der Waals surface area contributed by atoms with Crippen LogP contribution in [0.2, 0.25) is 0 Å². The third kappa shape index (κ3) is 3.21. The largest absolute Gasteiger partial charge is 0.469 e. The second-order valence-electron chi connectivity index (χ2n) is 3.94. The fourth-order valence-electron chi connectivity index (χ4n) is 1.71.